The molecule has 2 aromatic carbocycles. The summed E-state index contributed by atoms with van der Waals surface area (Å²) >= 11 is 8.34. The van der Waals surface area contributed by atoms with Crippen molar-refractivity contribution in [2.45, 2.75) is 13.0 Å². The minimum atomic E-state index is -0.120. The zero-order valence-electron chi connectivity index (χ0n) is 9.45. The zero-order chi connectivity index (χ0) is 12.4. The van der Waals surface area contributed by atoms with E-state index >= 15 is 0 Å². The summed E-state index contributed by atoms with van der Waals surface area (Å²) in [6.45, 7) is 2.07. The third-order valence-electron chi connectivity index (χ3n) is 2.83. The first-order valence-electron chi connectivity index (χ1n) is 5.35. The Balaban J connectivity index is 2.40. The number of hydrogen-bond donors (Lipinski definition) is 1. The van der Waals surface area contributed by atoms with E-state index in [2.05, 4.69) is 41.6 Å². The highest BCUT2D eigenvalue weighted by Gasteiger charge is 2.11. The van der Waals surface area contributed by atoms with E-state index in [9.17, 15) is 0 Å². The molecule has 2 rings (SSSR count). The highest BCUT2D eigenvalue weighted by molar-refractivity contribution is 14.1. The lowest BCUT2D eigenvalue weighted by atomic mass is 9.96. The smallest absolute Gasteiger partial charge is 0.0554 e. The lowest BCUT2D eigenvalue weighted by Crippen LogP contribution is -2.13. The van der Waals surface area contributed by atoms with Crippen LogP contribution < -0.4 is 5.73 Å². The Morgan fingerprint density at radius 2 is 1.88 bits per heavy atom. The molecule has 0 bridgehead atoms. The predicted molar refractivity (Wildman–Crippen MR) is 81.4 cm³/mol. The van der Waals surface area contributed by atoms with Crippen molar-refractivity contribution in [1.29, 1.82) is 0 Å². The van der Waals surface area contributed by atoms with Gasteiger partial charge in [0.1, 0.15) is 0 Å². The Morgan fingerprint density at radius 3 is 2.53 bits per heavy atom. The van der Waals surface area contributed by atoms with Crippen molar-refractivity contribution in [2.75, 3.05) is 0 Å². The summed E-state index contributed by atoms with van der Waals surface area (Å²) in [4.78, 5) is 0. The summed E-state index contributed by atoms with van der Waals surface area (Å²) in [6, 6.07) is 14.0. The molecule has 0 fully saturated rings. The van der Waals surface area contributed by atoms with Crippen LogP contribution in [0.1, 0.15) is 22.7 Å². The van der Waals surface area contributed by atoms with Crippen LogP contribution in [0.5, 0.6) is 0 Å². The fourth-order valence-electron chi connectivity index (χ4n) is 1.82. The first-order valence-corrected chi connectivity index (χ1v) is 6.81. The lowest BCUT2D eigenvalue weighted by Gasteiger charge is -2.15. The van der Waals surface area contributed by atoms with Crippen LogP contribution in [0.4, 0.5) is 0 Å². The summed E-state index contributed by atoms with van der Waals surface area (Å²) in [5.41, 5.74) is 9.67. The number of hydrogen-bond acceptors (Lipinski definition) is 1. The topological polar surface area (TPSA) is 26.0 Å². The molecule has 0 saturated heterocycles. The summed E-state index contributed by atoms with van der Waals surface area (Å²) in [5, 5.41) is 0.757. The van der Waals surface area contributed by atoms with Crippen molar-refractivity contribution in [1.82, 2.24) is 0 Å². The lowest BCUT2D eigenvalue weighted by molar-refractivity contribution is 0.861. The third kappa shape index (κ3) is 2.81. The first kappa shape index (κ1) is 12.9. The van der Waals surface area contributed by atoms with E-state index in [-0.39, 0.29) is 6.04 Å². The quantitative estimate of drug-likeness (QED) is 0.797. The molecule has 0 amide bonds. The monoisotopic (exact) mass is 357 g/mol. The van der Waals surface area contributed by atoms with Gasteiger partial charge in [0.2, 0.25) is 0 Å². The molecule has 0 aliphatic carbocycles. The third-order valence-corrected chi connectivity index (χ3v) is 4.40. The van der Waals surface area contributed by atoms with Crippen molar-refractivity contribution < 1.29 is 0 Å². The second-order valence-electron chi connectivity index (χ2n) is 4.01. The van der Waals surface area contributed by atoms with Gasteiger partial charge in [-0.05, 0) is 58.3 Å². The number of nitrogens with two attached hydrogens (primary N) is 1. The van der Waals surface area contributed by atoms with E-state index < -0.39 is 0 Å². The highest BCUT2D eigenvalue weighted by Crippen LogP contribution is 2.27. The van der Waals surface area contributed by atoms with E-state index in [0.29, 0.717) is 0 Å². The number of aryl methyl sites for hydroxylation is 1. The van der Waals surface area contributed by atoms with Crippen LogP contribution in [0.3, 0.4) is 0 Å². The van der Waals surface area contributed by atoms with E-state index in [4.69, 9.17) is 17.3 Å². The molecule has 0 aliphatic rings. The van der Waals surface area contributed by atoms with Crippen LogP contribution in [0.2, 0.25) is 5.02 Å². The molecule has 0 aromatic heterocycles. The molecule has 1 unspecified atom stereocenters. The van der Waals surface area contributed by atoms with Crippen LogP contribution in [-0.2, 0) is 0 Å². The van der Waals surface area contributed by atoms with Crippen molar-refractivity contribution >= 4 is 34.2 Å². The second kappa shape index (κ2) is 5.38. The molecular weight excluding hydrogens is 345 g/mol. The molecule has 17 heavy (non-hydrogen) atoms. The molecule has 0 spiro atoms. The van der Waals surface area contributed by atoms with Crippen LogP contribution in [0, 0.1) is 10.5 Å². The molecule has 0 radical (unpaired) electrons. The van der Waals surface area contributed by atoms with Gasteiger partial charge in [0.05, 0.1) is 11.1 Å². The fraction of sp³-hybridized carbons (Fsp3) is 0.143. The molecule has 0 heterocycles. The maximum atomic E-state index is 6.28. The van der Waals surface area contributed by atoms with E-state index in [1.807, 2.05) is 30.3 Å². The zero-order valence-corrected chi connectivity index (χ0v) is 12.4. The summed E-state index contributed by atoms with van der Waals surface area (Å²) in [6.07, 6.45) is 0. The Kier molecular flexibility index (Phi) is 4.07. The minimum absolute atomic E-state index is 0.120. The fourth-order valence-corrected chi connectivity index (χ4v) is 2.35. The van der Waals surface area contributed by atoms with Crippen molar-refractivity contribution in [3.63, 3.8) is 0 Å². The average molecular weight is 358 g/mol. The van der Waals surface area contributed by atoms with Gasteiger partial charge in [0.15, 0.2) is 0 Å². The Hall–Kier alpha value is -0.580. The molecule has 1 nitrogen and oxygen atoms in total. The van der Waals surface area contributed by atoms with E-state index in [1.165, 1.54) is 5.56 Å². The summed E-state index contributed by atoms with van der Waals surface area (Å²) in [5.74, 6) is 0. The number of benzene rings is 2. The molecule has 0 aliphatic heterocycles. The van der Waals surface area contributed by atoms with Gasteiger partial charge in [-0.25, -0.2) is 0 Å². The molecule has 2 aromatic rings. The van der Waals surface area contributed by atoms with Gasteiger partial charge in [-0.3, -0.25) is 0 Å². The first-order chi connectivity index (χ1) is 8.09. The maximum absolute atomic E-state index is 6.28. The van der Waals surface area contributed by atoms with Gasteiger partial charge < -0.3 is 5.73 Å². The van der Waals surface area contributed by atoms with E-state index in [0.717, 1.165) is 19.7 Å². The molecule has 88 valence electrons. The van der Waals surface area contributed by atoms with Gasteiger partial charge in [-0.1, -0.05) is 41.9 Å². The van der Waals surface area contributed by atoms with E-state index in [1.54, 1.807) is 0 Å². The van der Waals surface area contributed by atoms with Gasteiger partial charge >= 0.3 is 0 Å². The van der Waals surface area contributed by atoms with Gasteiger partial charge in [0, 0.05) is 3.57 Å². The Morgan fingerprint density at radius 1 is 1.18 bits per heavy atom. The SMILES string of the molecule is Cc1ccccc1C(N)c1ccc(I)c(Cl)c1. The van der Waals surface area contributed by atoms with Gasteiger partial charge in [-0.2, -0.15) is 0 Å². The Bertz CT molecular complexity index is 539. The predicted octanol–water partition coefficient (Wildman–Crippen LogP) is 4.30. The molecular formula is C14H13ClIN. The normalized spacial score (nSPS) is 12.5. The number of halogens is 2. The van der Waals surface area contributed by atoms with Crippen LogP contribution >= 0.6 is 34.2 Å². The van der Waals surface area contributed by atoms with Gasteiger partial charge in [0.25, 0.3) is 0 Å². The molecule has 3 heteroatoms. The number of rotatable bonds is 2. The van der Waals surface area contributed by atoms with Crippen molar-refractivity contribution in [2.24, 2.45) is 5.73 Å². The minimum Gasteiger partial charge on any atom is -0.320 e. The van der Waals surface area contributed by atoms with Crippen molar-refractivity contribution in [3.8, 4) is 0 Å². The summed E-state index contributed by atoms with van der Waals surface area (Å²) < 4.78 is 1.05. The van der Waals surface area contributed by atoms with Crippen LogP contribution in [-0.4, -0.2) is 0 Å². The molecule has 2 N–H and O–H groups in total. The Labute approximate surface area is 120 Å². The van der Waals surface area contributed by atoms with Crippen LogP contribution in [0.15, 0.2) is 42.5 Å². The highest BCUT2D eigenvalue weighted by atomic mass is 127. The molecule has 0 saturated carbocycles. The van der Waals surface area contributed by atoms with Crippen LogP contribution in [0.25, 0.3) is 0 Å². The molecule has 1 atom stereocenters. The maximum Gasteiger partial charge on any atom is 0.0554 e. The van der Waals surface area contributed by atoms with Crippen molar-refractivity contribution in [3.05, 3.63) is 67.7 Å². The second-order valence-corrected chi connectivity index (χ2v) is 5.58. The largest absolute Gasteiger partial charge is 0.320 e. The summed E-state index contributed by atoms with van der Waals surface area (Å²) in [7, 11) is 0. The van der Waals surface area contributed by atoms with Gasteiger partial charge in [-0.15, -0.1) is 0 Å². The standard InChI is InChI=1S/C14H13ClIN/c1-9-4-2-3-5-11(9)14(17)10-6-7-13(16)12(15)8-10/h2-8,14H,17H2,1H3. The average Bonchev–Trinajstić information content (AvgIpc) is 2.32.